The van der Waals surface area contributed by atoms with Gasteiger partial charge in [0.1, 0.15) is 6.54 Å². The molecule has 0 aromatic rings. The van der Waals surface area contributed by atoms with E-state index in [2.05, 4.69) is 5.32 Å². The molecule has 0 aromatic heterocycles. The molecule has 5 nitrogen and oxygen atoms in total. The third-order valence-electron chi connectivity index (χ3n) is 2.60. The van der Waals surface area contributed by atoms with Crippen LogP contribution < -0.4 is 5.32 Å². The molecule has 5 heteroatoms. The van der Waals surface area contributed by atoms with Crippen LogP contribution in [0, 0.1) is 5.92 Å². The van der Waals surface area contributed by atoms with Gasteiger partial charge >= 0.3 is 12.0 Å². The average molecular weight is 242 g/mol. The molecule has 2 amide bonds. The van der Waals surface area contributed by atoms with E-state index in [1.165, 1.54) is 6.42 Å². The van der Waals surface area contributed by atoms with Gasteiger partial charge in [-0.3, -0.25) is 4.79 Å². The first-order valence-corrected chi connectivity index (χ1v) is 6.28. The van der Waals surface area contributed by atoms with Gasteiger partial charge in [-0.05, 0) is 25.2 Å². The summed E-state index contributed by atoms with van der Waals surface area (Å²) in [5.74, 6) is -0.0548. The highest BCUT2D eigenvalue weighted by Gasteiger charge is 2.16. The fourth-order valence-electron chi connectivity index (χ4n) is 1.67. The molecule has 1 heterocycles. The lowest BCUT2D eigenvalue weighted by Gasteiger charge is -2.26. The Kier molecular flexibility index (Phi) is 5.80. The van der Waals surface area contributed by atoms with Crippen molar-refractivity contribution in [2.75, 3.05) is 26.2 Å². The van der Waals surface area contributed by atoms with Crippen LogP contribution in [0.2, 0.25) is 0 Å². The fourth-order valence-corrected chi connectivity index (χ4v) is 1.67. The van der Waals surface area contributed by atoms with Crippen molar-refractivity contribution in [1.82, 2.24) is 10.2 Å². The number of carbonyl (C=O) groups excluding carboxylic acids is 2. The number of likely N-dealkylation sites (tertiary alicyclic amines) is 1. The summed E-state index contributed by atoms with van der Waals surface area (Å²) in [6, 6.07) is -0.161. The Morgan fingerprint density at radius 2 is 1.88 bits per heavy atom. The first-order chi connectivity index (χ1) is 8.09. The van der Waals surface area contributed by atoms with Crippen molar-refractivity contribution in [3.8, 4) is 0 Å². The summed E-state index contributed by atoms with van der Waals surface area (Å²) in [6.45, 7) is 5.87. The van der Waals surface area contributed by atoms with Crippen LogP contribution in [0.1, 0.15) is 33.1 Å². The van der Waals surface area contributed by atoms with Gasteiger partial charge in [0.15, 0.2) is 0 Å². The number of esters is 1. The molecular weight excluding hydrogens is 220 g/mol. The predicted molar refractivity (Wildman–Crippen MR) is 64.6 cm³/mol. The van der Waals surface area contributed by atoms with Crippen LogP contribution in [-0.4, -0.2) is 43.1 Å². The number of amides is 2. The quantitative estimate of drug-likeness (QED) is 0.758. The van der Waals surface area contributed by atoms with Crippen LogP contribution >= 0.6 is 0 Å². The van der Waals surface area contributed by atoms with Gasteiger partial charge < -0.3 is 15.0 Å². The Balaban J connectivity index is 2.16. The maximum atomic E-state index is 11.6. The van der Waals surface area contributed by atoms with Crippen molar-refractivity contribution in [3.05, 3.63) is 0 Å². The van der Waals surface area contributed by atoms with E-state index in [0.717, 1.165) is 25.9 Å². The third kappa shape index (κ3) is 5.56. The van der Waals surface area contributed by atoms with Crippen molar-refractivity contribution in [2.45, 2.75) is 33.1 Å². The molecule has 98 valence electrons. The van der Waals surface area contributed by atoms with E-state index in [0.29, 0.717) is 12.5 Å². The molecule has 0 spiro atoms. The molecule has 1 aliphatic rings. The second-order valence-corrected chi connectivity index (χ2v) is 4.78. The van der Waals surface area contributed by atoms with Crippen molar-refractivity contribution in [1.29, 1.82) is 0 Å². The lowest BCUT2D eigenvalue weighted by Crippen LogP contribution is -2.44. The lowest BCUT2D eigenvalue weighted by atomic mass is 10.1. The number of carbonyl (C=O) groups is 2. The molecule has 1 fully saturated rings. The zero-order valence-electron chi connectivity index (χ0n) is 10.7. The average Bonchev–Trinajstić information content (AvgIpc) is 2.34. The van der Waals surface area contributed by atoms with Gasteiger partial charge in [-0.2, -0.15) is 0 Å². The maximum Gasteiger partial charge on any atom is 0.325 e. The highest BCUT2D eigenvalue weighted by atomic mass is 16.5. The largest absolute Gasteiger partial charge is 0.464 e. The number of urea groups is 1. The van der Waals surface area contributed by atoms with E-state index in [1.54, 1.807) is 4.90 Å². The van der Waals surface area contributed by atoms with Crippen molar-refractivity contribution in [2.24, 2.45) is 5.92 Å². The van der Waals surface area contributed by atoms with Gasteiger partial charge in [-0.15, -0.1) is 0 Å². The number of nitrogens with zero attached hydrogens (tertiary/aromatic N) is 1. The highest BCUT2D eigenvalue weighted by molar-refractivity contribution is 5.80. The van der Waals surface area contributed by atoms with Crippen LogP contribution in [0.5, 0.6) is 0 Å². The smallest absolute Gasteiger partial charge is 0.325 e. The second-order valence-electron chi connectivity index (χ2n) is 4.78. The predicted octanol–water partition coefficient (Wildman–Crippen LogP) is 1.38. The van der Waals surface area contributed by atoms with E-state index < -0.39 is 0 Å². The third-order valence-corrected chi connectivity index (χ3v) is 2.60. The van der Waals surface area contributed by atoms with Crippen LogP contribution in [0.3, 0.4) is 0 Å². The van der Waals surface area contributed by atoms with E-state index in [-0.39, 0.29) is 18.5 Å². The number of hydrogen-bond donors (Lipinski definition) is 1. The molecule has 1 rings (SSSR count). The number of rotatable bonds is 4. The molecule has 0 unspecified atom stereocenters. The van der Waals surface area contributed by atoms with Crippen LogP contribution in [-0.2, 0) is 9.53 Å². The number of ether oxygens (including phenoxy) is 1. The van der Waals surface area contributed by atoms with Gasteiger partial charge in [0.25, 0.3) is 0 Å². The second kappa shape index (κ2) is 7.14. The van der Waals surface area contributed by atoms with Gasteiger partial charge in [-0.25, -0.2) is 4.79 Å². The van der Waals surface area contributed by atoms with Crippen LogP contribution in [0.15, 0.2) is 0 Å². The molecular formula is C12H22N2O3. The summed E-state index contributed by atoms with van der Waals surface area (Å²) in [7, 11) is 0. The molecule has 0 aromatic carbocycles. The molecule has 0 atom stereocenters. The fraction of sp³-hybridized carbons (Fsp3) is 0.833. The SMILES string of the molecule is CC(C)COC(=O)CNC(=O)N1CCCCC1. The Labute approximate surface area is 102 Å². The first-order valence-electron chi connectivity index (χ1n) is 6.28. The first kappa shape index (κ1) is 13.8. The number of piperidine rings is 1. The molecule has 1 N–H and O–H groups in total. The molecule has 0 bridgehead atoms. The molecule has 0 radical (unpaired) electrons. The van der Waals surface area contributed by atoms with Crippen molar-refractivity contribution in [3.63, 3.8) is 0 Å². The lowest BCUT2D eigenvalue weighted by molar-refractivity contribution is -0.143. The molecule has 0 aliphatic carbocycles. The molecule has 1 saturated heterocycles. The summed E-state index contributed by atoms with van der Waals surface area (Å²) in [5, 5.41) is 2.59. The van der Waals surface area contributed by atoms with Crippen molar-refractivity contribution >= 4 is 12.0 Å². The van der Waals surface area contributed by atoms with Gasteiger partial charge in [0.05, 0.1) is 6.61 Å². The van der Waals surface area contributed by atoms with Crippen LogP contribution in [0.25, 0.3) is 0 Å². The van der Waals surface area contributed by atoms with E-state index in [4.69, 9.17) is 4.74 Å². The summed E-state index contributed by atoms with van der Waals surface area (Å²) < 4.78 is 4.97. The van der Waals surface area contributed by atoms with E-state index >= 15 is 0 Å². The molecule has 0 saturated carbocycles. The van der Waals surface area contributed by atoms with Gasteiger partial charge in [0.2, 0.25) is 0 Å². The summed E-state index contributed by atoms with van der Waals surface area (Å²) in [5.41, 5.74) is 0. The summed E-state index contributed by atoms with van der Waals surface area (Å²) in [6.07, 6.45) is 3.27. The van der Waals surface area contributed by atoms with Gasteiger partial charge in [0, 0.05) is 13.1 Å². The monoisotopic (exact) mass is 242 g/mol. The minimum Gasteiger partial charge on any atom is -0.464 e. The highest BCUT2D eigenvalue weighted by Crippen LogP contribution is 2.08. The topological polar surface area (TPSA) is 58.6 Å². The normalized spacial score (nSPS) is 15.8. The van der Waals surface area contributed by atoms with Crippen molar-refractivity contribution < 1.29 is 14.3 Å². The maximum absolute atomic E-state index is 11.6. The Bertz CT molecular complexity index is 260. The Morgan fingerprint density at radius 3 is 2.47 bits per heavy atom. The minimum atomic E-state index is -0.371. The van der Waals surface area contributed by atoms with Gasteiger partial charge in [-0.1, -0.05) is 13.8 Å². The number of hydrogen-bond acceptors (Lipinski definition) is 3. The zero-order chi connectivity index (χ0) is 12.7. The Morgan fingerprint density at radius 1 is 1.24 bits per heavy atom. The van der Waals surface area contributed by atoms with E-state index in [1.807, 2.05) is 13.8 Å². The summed E-state index contributed by atoms with van der Waals surface area (Å²) >= 11 is 0. The minimum absolute atomic E-state index is 0.0396. The summed E-state index contributed by atoms with van der Waals surface area (Å²) in [4.78, 5) is 24.7. The Hall–Kier alpha value is -1.26. The standard InChI is InChI=1S/C12H22N2O3/c1-10(2)9-17-11(15)8-13-12(16)14-6-4-3-5-7-14/h10H,3-9H2,1-2H3,(H,13,16). The molecule has 1 aliphatic heterocycles. The van der Waals surface area contributed by atoms with Crippen LogP contribution in [0.4, 0.5) is 4.79 Å². The number of nitrogens with one attached hydrogen (secondary N) is 1. The molecule has 17 heavy (non-hydrogen) atoms. The zero-order valence-corrected chi connectivity index (χ0v) is 10.7. The van der Waals surface area contributed by atoms with E-state index in [9.17, 15) is 9.59 Å².